The maximum absolute atomic E-state index is 14.9. The molecule has 2 atom stereocenters. The molecular formula is C26H20BrF2N3O2. The number of aromatic nitrogens is 1. The fourth-order valence-corrected chi connectivity index (χ4v) is 5.02. The highest BCUT2D eigenvalue weighted by Crippen LogP contribution is 2.40. The highest BCUT2D eigenvalue weighted by Gasteiger charge is 2.44. The topological polar surface area (TPSA) is 62.3 Å². The van der Waals surface area contributed by atoms with Gasteiger partial charge in [0.1, 0.15) is 17.4 Å². The lowest BCUT2D eigenvalue weighted by atomic mass is 9.91. The minimum absolute atomic E-state index is 0.0105. The van der Waals surface area contributed by atoms with Gasteiger partial charge >= 0.3 is 0 Å². The highest BCUT2D eigenvalue weighted by molar-refractivity contribution is 9.09. The Hall–Kier alpha value is -3.39. The average Bonchev–Trinajstić information content (AvgIpc) is 3.58. The molecule has 1 N–H and O–H groups in total. The molecule has 1 saturated carbocycles. The predicted octanol–water partition coefficient (Wildman–Crippen LogP) is 4.93. The Bertz CT molecular complexity index is 1310. The van der Waals surface area contributed by atoms with Crippen molar-refractivity contribution in [3.8, 4) is 0 Å². The third-order valence-electron chi connectivity index (χ3n) is 6.20. The molecule has 3 aromatic rings. The van der Waals surface area contributed by atoms with Crippen LogP contribution in [0.25, 0.3) is 5.57 Å². The number of nitrogens with zero attached hydrogens (tertiary/aromatic N) is 2. The minimum Gasteiger partial charge on any atom is -0.344 e. The van der Waals surface area contributed by atoms with Crippen molar-refractivity contribution < 1.29 is 18.4 Å². The standard InChI is InChI=1S/C26H20BrF2N3O2/c27-12-22-24(26(34)31-25(19-11-23(19)33)15-4-1-5-16(28)10-15)18-7-2-8-21(29)20(18)14-32(22)17-6-3-9-30-13-17/h1-10,13,19,25H,11-12,14H2,(H,31,34)/t19?,25-/m1/s1. The second-order valence-corrected chi connectivity index (χ2v) is 8.86. The van der Waals surface area contributed by atoms with E-state index in [1.807, 2.05) is 11.0 Å². The van der Waals surface area contributed by atoms with Crippen molar-refractivity contribution in [1.29, 1.82) is 0 Å². The van der Waals surface area contributed by atoms with Crippen molar-refractivity contribution in [1.82, 2.24) is 10.3 Å². The van der Waals surface area contributed by atoms with E-state index >= 15 is 0 Å². The molecule has 2 aliphatic rings. The van der Waals surface area contributed by atoms with Crippen LogP contribution in [0.2, 0.25) is 0 Å². The van der Waals surface area contributed by atoms with Crippen molar-refractivity contribution >= 4 is 38.9 Å². The van der Waals surface area contributed by atoms with Crippen molar-refractivity contribution in [2.24, 2.45) is 5.92 Å². The van der Waals surface area contributed by atoms with Crippen LogP contribution in [0.5, 0.6) is 0 Å². The lowest BCUT2D eigenvalue weighted by Crippen LogP contribution is -2.37. The third kappa shape index (κ3) is 4.14. The molecule has 5 nitrogen and oxygen atoms in total. The van der Waals surface area contributed by atoms with Gasteiger partial charge in [-0.1, -0.05) is 40.2 Å². The summed E-state index contributed by atoms with van der Waals surface area (Å²) in [5.41, 5.74) is 3.07. The summed E-state index contributed by atoms with van der Waals surface area (Å²) >= 11 is 3.50. The van der Waals surface area contributed by atoms with Crippen molar-refractivity contribution in [3.05, 3.63) is 101 Å². The number of carbonyl (C=O) groups excluding carboxylic acids is 2. The van der Waals surface area contributed by atoms with Crippen LogP contribution >= 0.6 is 15.9 Å². The molecular weight excluding hydrogens is 504 g/mol. The summed E-state index contributed by atoms with van der Waals surface area (Å²) in [7, 11) is 0. The Balaban J connectivity index is 1.60. The van der Waals surface area contributed by atoms with E-state index < -0.39 is 29.5 Å². The number of Topliss-reactive ketones (excluding diaryl/α,β-unsaturated/α-hetero) is 1. The zero-order valence-electron chi connectivity index (χ0n) is 18.0. The summed E-state index contributed by atoms with van der Waals surface area (Å²) in [6.07, 6.45) is 3.62. The first-order valence-electron chi connectivity index (χ1n) is 10.8. The van der Waals surface area contributed by atoms with E-state index in [0.29, 0.717) is 39.7 Å². The van der Waals surface area contributed by atoms with Crippen LogP contribution in [0.3, 0.4) is 0 Å². The second-order valence-electron chi connectivity index (χ2n) is 8.30. The van der Waals surface area contributed by atoms with Gasteiger partial charge < -0.3 is 10.2 Å². The summed E-state index contributed by atoms with van der Waals surface area (Å²) in [5, 5.41) is 3.28. The van der Waals surface area contributed by atoms with Gasteiger partial charge in [-0.15, -0.1) is 0 Å². The summed E-state index contributed by atoms with van der Waals surface area (Å²) in [4.78, 5) is 31.8. The molecule has 8 heteroatoms. The molecule has 0 spiro atoms. The summed E-state index contributed by atoms with van der Waals surface area (Å²) < 4.78 is 28.8. The average molecular weight is 524 g/mol. The lowest BCUT2D eigenvalue weighted by Gasteiger charge is -2.34. The maximum Gasteiger partial charge on any atom is 0.254 e. The van der Waals surface area contributed by atoms with Crippen molar-refractivity contribution in [2.45, 2.75) is 19.0 Å². The summed E-state index contributed by atoms with van der Waals surface area (Å²) in [6.45, 7) is 0.236. The summed E-state index contributed by atoms with van der Waals surface area (Å²) in [5.74, 6) is -1.72. The van der Waals surface area contributed by atoms with Gasteiger partial charge in [0.15, 0.2) is 0 Å². The molecule has 172 valence electrons. The van der Waals surface area contributed by atoms with Crippen LogP contribution in [-0.4, -0.2) is 22.0 Å². The van der Waals surface area contributed by atoms with Gasteiger partial charge in [-0.3, -0.25) is 14.6 Å². The predicted molar refractivity (Wildman–Crippen MR) is 128 cm³/mol. The Kier molecular flexibility index (Phi) is 6.00. The van der Waals surface area contributed by atoms with Crippen LogP contribution in [0.15, 0.2) is 72.7 Å². The monoisotopic (exact) mass is 523 g/mol. The molecule has 1 aliphatic carbocycles. The molecule has 1 aromatic heterocycles. The molecule has 0 saturated heterocycles. The third-order valence-corrected chi connectivity index (χ3v) is 6.73. The number of hydrogen-bond acceptors (Lipinski definition) is 4. The molecule has 1 aliphatic heterocycles. The zero-order valence-corrected chi connectivity index (χ0v) is 19.6. The number of rotatable bonds is 6. The summed E-state index contributed by atoms with van der Waals surface area (Å²) in [6, 6.07) is 13.5. The first kappa shape index (κ1) is 22.4. The zero-order chi connectivity index (χ0) is 23.8. The Morgan fingerprint density at radius 2 is 1.97 bits per heavy atom. The van der Waals surface area contributed by atoms with Gasteiger partial charge in [-0.05, 0) is 41.5 Å². The van der Waals surface area contributed by atoms with E-state index in [-0.39, 0.29) is 12.3 Å². The van der Waals surface area contributed by atoms with E-state index in [1.54, 1.807) is 42.7 Å². The van der Waals surface area contributed by atoms with Gasteiger partial charge in [-0.2, -0.15) is 0 Å². The Morgan fingerprint density at radius 3 is 2.65 bits per heavy atom. The number of carbonyl (C=O) groups is 2. The van der Waals surface area contributed by atoms with E-state index in [2.05, 4.69) is 26.2 Å². The van der Waals surface area contributed by atoms with Crippen LogP contribution < -0.4 is 10.2 Å². The van der Waals surface area contributed by atoms with Crippen LogP contribution in [0.1, 0.15) is 29.2 Å². The molecule has 1 amide bonds. The normalized spacial score (nSPS) is 17.9. The Morgan fingerprint density at radius 1 is 1.18 bits per heavy atom. The SMILES string of the molecule is O=C(N[C@H](c1cccc(F)c1)C1CC1=O)C1=C(CBr)N(c2cccnc2)Cc2c(F)cccc21. The van der Waals surface area contributed by atoms with Crippen LogP contribution in [0.4, 0.5) is 14.5 Å². The number of nitrogens with one attached hydrogen (secondary N) is 1. The number of halogens is 3. The van der Waals surface area contributed by atoms with Gasteiger partial charge in [0.25, 0.3) is 5.91 Å². The smallest absolute Gasteiger partial charge is 0.254 e. The number of allylic oxidation sites excluding steroid dienone is 1. The quantitative estimate of drug-likeness (QED) is 0.465. The number of fused-ring (bicyclic) bond motifs is 1. The molecule has 0 bridgehead atoms. The molecule has 2 aromatic carbocycles. The molecule has 5 rings (SSSR count). The first-order chi connectivity index (χ1) is 16.5. The molecule has 34 heavy (non-hydrogen) atoms. The lowest BCUT2D eigenvalue weighted by molar-refractivity contribution is -0.116. The van der Waals surface area contributed by atoms with Gasteiger partial charge in [0.2, 0.25) is 0 Å². The number of benzene rings is 2. The fraction of sp³-hybridized carbons (Fsp3) is 0.192. The van der Waals surface area contributed by atoms with E-state index in [9.17, 15) is 18.4 Å². The number of alkyl halides is 1. The second kappa shape index (κ2) is 9.10. The number of amides is 1. The van der Waals surface area contributed by atoms with Crippen LogP contribution in [0, 0.1) is 17.6 Å². The van der Waals surface area contributed by atoms with Gasteiger partial charge in [0, 0.05) is 35.1 Å². The number of ketones is 1. The van der Waals surface area contributed by atoms with Crippen LogP contribution in [-0.2, 0) is 16.1 Å². The molecule has 1 unspecified atom stereocenters. The van der Waals surface area contributed by atoms with Crippen molar-refractivity contribution in [3.63, 3.8) is 0 Å². The van der Waals surface area contributed by atoms with E-state index in [0.717, 1.165) is 5.69 Å². The largest absolute Gasteiger partial charge is 0.344 e. The van der Waals surface area contributed by atoms with Gasteiger partial charge in [0.05, 0.1) is 30.0 Å². The Labute approximate surface area is 203 Å². The minimum atomic E-state index is -0.675. The molecule has 0 radical (unpaired) electrons. The highest BCUT2D eigenvalue weighted by atomic mass is 79.9. The fourth-order valence-electron chi connectivity index (χ4n) is 4.44. The number of pyridine rings is 1. The molecule has 1 fully saturated rings. The van der Waals surface area contributed by atoms with Crippen molar-refractivity contribution in [2.75, 3.05) is 10.2 Å². The maximum atomic E-state index is 14.9. The van der Waals surface area contributed by atoms with E-state index in [4.69, 9.17) is 0 Å². The van der Waals surface area contributed by atoms with Gasteiger partial charge in [-0.25, -0.2) is 8.78 Å². The molecule has 2 heterocycles. The number of anilines is 1. The van der Waals surface area contributed by atoms with E-state index in [1.165, 1.54) is 18.2 Å². The first-order valence-corrected chi connectivity index (χ1v) is 11.9. The number of hydrogen-bond donors (Lipinski definition) is 1.